The van der Waals surface area contributed by atoms with Crippen LogP contribution in [0.1, 0.15) is 33.1 Å². The Balaban J connectivity index is 3.77. The summed E-state index contributed by atoms with van der Waals surface area (Å²) in [5.41, 5.74) is 3.06. The van der Waals surface area contributed by atoms with Gasteiger partial charge in [-0.05, 0) is 37.8 Å². The standard InChI is InChI=1S/C10H18O/c1-3-5-7-10(6-4-2)8-9-11/h3,7,10-11H,4,6,8-9H2,1-2H3. The first-order valence-corrected chi connectivity index (χ1v) is 4.33. The average Bonchev–Trinajstić information content (AvgIpc) is 2.01. The van der Waals surface area contributed by atoms with Crippen LogP contribution in [0.3, 0.4) is 0 Å². The van der Waals surface area contributed by atoms with E-state index in [1.165, 1.54) is 6.42 Å². The molecular weight excluding hydrogens is 136 g/mol. The minimum atomic E-state index is 0.284. The number of rotatable bonds is 5. The maximum atomic E-state index is 8.70. The first-order chi connectivity index (χ1) is 5.35. The molecule has 1 heteroatoms. The van der Waals surface area contributed by atoms with Crippen molar-refractivity contribution < 1.29 is 5.11 Å². The van der Waals surface area contributed by atoms with Gasteiger partial charge in [0.15, 0.2) is 0 Å². The first kappa shape index (κ1) is 10.5. The Morgan fingerprint density at radius 2 is 2.18 bits per heavy atom. The summed E-state index contributed by atoms with van der Waals surface area (Å²) in [7, 11) is 0. The molecule has 0 bridgehead atoms. The van der Waals surface area contributed by atoms with Crippen molar-refractivity contribution in [3.05, 3.63) is 17.9 Å². The monoisotopic (exact) mass is 154 g/mol. The molecule has 1 nitrogen and oxygen atoms in total. The Morgan fingerprint density at radius 1 is 1.45 bits per heavy atom. The normalized spacial score (nSPS) is 11.9. The van der Waals surface area contributed by atoms with E-state index in [9.17, 15) is 0 Å². The Labute approximate surface area is 69.4 Å². The van der Waals surface area contributed by atoms with Crippen LogP contribution in [0, 0.1) is 5.92 Å². The van der Waals surface area contributed by atoms with Crippen LogP contribution in [0.4, 0.5) is 0 Å². The van der Waals surface area contributed by atoms with Crippen LogP contribution in [-0.2, 0) is 0 Å². The third-order valence-corrected chi connectivity index (χ3v) is 1.66. The fourth-order valence-electron chi connectivity index (χ4n) is 1.08. The van der Waals surface area contributed by atoms with Gasteiger partial charge in [0.2, 0.25) is 0 Å². The molecule has 0 heterocycles. The lowest BCUT2D eigenvalue weighted by atomic mass is 10.0. The van der Waals surface area contributed by atoms with Gasteiger partial charge < -0.3 is 5.11 Å². The smallest absolute Gasteiger partial charge is 0.0436 e. The average molecular weight is 154 g/mol. The van der Waals surface area contributed by atoms with E-state index in [0.717, 1.165) is 12.8 Å². The minimum Gasteiger partial charge on any atom is -0.396 e. The van der Waals surface area contributed by atoms with Gasteiger partial charge in [0.25, 0.3) is 0 Å². The third-order valence-electron chi connectivity index (χ3n) is 1.66. The molecule has 0 aromatic carbocycles. The molecule has 0 saturated heterocycles. The predicted molar refractivity (Wildman–Crippen MR) is 48.4 cm³/mol. The number of hydrogen-bond donors (Lipinski definition) is 1. The molecule has 64 valence electrons. The van der Waals surface area contributed by atoms with Gasteiger partial charge in [0, 0.05) is 6.61 Å². The summed E-state index contributed by atoms with van der Waals surface area (Å²) in [5, 5.41) is 8.70. The van der Waals surface area contributed by atoms with Crippen molar-refractivity contribution in [3.8, 4) is 0 Å². The van der Waals surface area contributed by atoms with Gasteiger partial charge in [-0.3, -0.25) is 0 Å². The van der Waals surface area contributed by atoms with Crippen LogP contribution in [0.5, 0.6) is 0 Å². The fourth-order valence-corrected chi connectivity index (χ4v) is 1.08. The van der Waals surface area contributed by atoms with Crippen molar-refractivity contribution in [2.75, 3.05) is 6.61 Å². The van der Waals surface area contributed by atoms with Gasteiger partial charge in [0.1, 0.15) is 0 Å². The van der Waals surface area contributed by atoms with Crippen molar-refractivity contribution in [2.45, 2.75) is 33.1 Å². The minimum absolute atomic E-state index is 0.284. The number of aliphatic hydroxyl groups is 1. The molecule has 0 aromatic rings. The molecule has 0 fully saturated rings. The van der Waals surface area contributed by atoms with Gasteiger partial charge in [-0.25, -0.2) is 0 Å². The maximum absolute atomic E-state index is 8.70. The van der Waals surface area contributed by atoms with E-state index < -0.39 is 0 Å². The number of allylic oxidation sites excluding steroid dienone is 1. The van der Waals surface area contributed by atoms with Gasteiger partial charge >= 0.3 is 0 Å². The SMILES string of the molecule is CC=C=CC(CCC)CCO. The lowest BCUT2D eigenvalue weighted by molar-refractivity contribution is 0.266. The molecule has 0 spiro atoms. The zero-order valence-electron chi connectivity index (χ0n) is 7.51. The van der Waals surface area contributed by atoms with Crippen molar-refractivity contribution >= 4 is 0 Å². The quantitative estimate of drug-likeness (QED) is 0.603. The zero-order valence-corrected chi connectivity index (χ0v) is 7.51. The molecule has 0 amide bonds. The van der Waals surface area contributed by atoms with Crippen molar-refractivity contribution in [2.24, 2.45) is 5.92 Å². The van der Waals surface area contributed by atoms with E-state index >= 15 is 0 Å². The van der Waals surface area contributed by atoms with Crippen molar-refractivity contribution in [3.63, 3.8) is 0 Å². The van der Waals surface area contributed by atoms with Crippen LogP contribution >= 0.6 is 0 Å². The molecular formula is C10H18O. The Bertz CT molecular complexity index is 126. The highest BCUT2D eigenvalue weighted by Gasteiger charge is 2.00. The molecule has 0 aliphatic rings. The van der Waals surface area contributed by atoms with Crippen LogP contribution in [0.25, 0.3) is 0 Å². The van der Waals surface area contributed by atoms with Gasteiger partial charge in [-0.15, -0.1) is 5.73 Å². The summed E-state index contributed by atoms with van der Waals surface area (Å²) < 4.78 is 0. The number of aliphatic hydroxyl groups excluding tert-OH is 1. The molecule has 0 aromatic heterocycles. The Morgan fingerprint density at radius 3 is 2.64 bits per heavy atom. The van der Waals surface area contributed by atoms with Gasteiger partial charge in [-0.1, -0.05) is 13.3 Å². The van der Waals surface area contributed by atoms with Gasteiger partial charge in [0.05, 0.1) is 0 Å². The Hall–Kier alpha value is -0.520. The molecule has 1 unspecified atom stereocenters. The summed E-state index contributed by atoms with van der Waals surface area (Å²) in [4.78, 5) is 0. The molecule has 0 aliphatic heterocycles. The lowest BCUT2D eigenvalue weighted by Crippen LogP contribution is -1.98. The van der Waals surface area contributed by atoms with E-state index in [1.807, 2.05) is 13.0 Å². The van der Waals surface area contributed by atoms with E-state index in [1.54, 1.807) is 0 Å². The highest BCUT2D eigenvalue weighted by atomic mass is 16.3. The highest BCUT2D eigenvalue weighted by Crippen LogP contribution is 2.11. The van der Waals surface area contributed by atoms with Crippen molar-refractivity contribution in [1.29, 1.82) is 0 Å². The Kier molecular flexibility index (Phi) is 7.23. The molecule has 0 saturated carbocycles. The molecule has 0 aliphatic carbocycles. The first-order valence-electron chi connectivity index (χ1n) is 4.33. The van der Waals surface area contributed by atoms with E-state index in [-0.39, 0.29) is 6.61 Å². The topological polar surface area (TPSA) is 20.2 Å². The molecule has 0 rings (SSSR count). The van der Waals surface area contributed by atoms with Gasteiger partial charge in [-0.2, -0.15) is 0 Å². The summed E-state index contributed by atoms with van der Waals surface area (Å²) in [6, 6.07) is 0. The summed E-state index contributed by atoms with van der Waals surface area (Å²) in [6.45, 7) is 4.40. The second-order valence-corrected chi connectivity index (χ2v) is 2.68. The zero-order chi connectivity index (χ0) is 8.53. The lowest BCUT2D eigenvalue weighted by Gasteiger charge is -2.06. The second-order valence-electron chi connectivity index (χ2n) is 2.68. The van der Waals surface area contributed by atoms with Crippen LogP contribution in [0.15, 0.2) is 17.9 Å². The van der Waals surface area contributed by atoms with Crippen molar-refractivity contribution in [1.82, 2.24) is 0 Å². The van der Waals surface area contributed by atoms with Crippen LogP contribution < -0.4 is 0 Å². The molecule has 11 heavy (non-hydrogen) atoms. The summed E-state index contributed by atoms with van der Waals surface area (Å²) >= 11 is 0. The maximum Gasteiger partial charge on any atom is 0.0436 e. The fraction of sp³-hybridized carbons (Fsp3) is 0.700. The van der Waals surface area contributed by atoms with Crippen LogP contribution in [-0.4, -0.2) is 11.7 Å². The second kappa shape index (κ2) is 7.59. The van der Waals surface area contributed by atoms with E-state index in [4.69, 9.17) is 5.11 Å². The van der Waals surface area contributed by atoms with Crippen LogP contribution in [0.2, 0.25) is 0 Å². The predicted octanol–water partition coefficient (Wildman–Crippen LogP) is 2.52. The van der Waals surface area contributed by atoms with E-state index in [0.29, 0.717) is 5.92 Å². The molecule has 0 radical (unpaired) electrons. The third kappa shape index (κ3) is 5.90. The summed E-state index contributed by atoms with van der Waals surface area (Å²) in [5.74, 6) is 0.515. The summed E-state index contributed by atoms with van der Waals surface area (Å²) in [6.07, 6.45) is 7.16. The largest absolute Gasteiger partial charge is 0.396 e. The highest BCUT2D eigenvalue weighted by molar-refractivity contribution is 4.87. The molecule has 1 N–H and O–H groups in total. The van der Waals surface area contributed by atoms with E-state index in [2.05, 4.69) is 18.7 Å². The number of hydrogen-bond acceptors (Lipinski definition) is 1. The molecule has 1 atom stereocenters.